The van der Waals surface area contributed by atoms with Crippen molar-refractivity contribution in [3.63, 3.8) is 0 Å². The molecule has 0 radical (unpaired) electrons. The van der Waals surface area contributed by atoms with Crippen LogP contribution in [0.4, 0.5) is 0 Å². The van der Waals surface area contributed by atoms with E-state index in [2.05, 4.69) is 39.8 Å². The third kappa shape index (κ3) is 4.49. The van der Waals surface area contributed by atoms with Gasteiger partial charge in [0.2, 0.25) is 0 Å². The van der Waals surface area contributed by atoms with E-state index in [9.17, 15) is 14.7 Å². The van der Waals surface area contributed by atoms with Crippen LogP contribution in [0.25, 0.3) is 0 Å². The average Bonchev–Trinajstić information content (AvgIpc) is 2.92. The molecule has 0 spiro atoms. The van der Waals surface area contributed by atoms with Crippen molar-refractivity contribution in [2.24, 2.45) is 22.7 Å². The van der Waals surface area contributed by atoms with Crippen molar-refractivity contribution in [2.45, 2.75) is 110 Å². The van der Waals surface area contributed by atoms with Crippen molar-refractivity contribution < 1.29 is 24.2 Å². The van der Waals surface area contributed by atoms with Gasteiger partial charge in [-0.05, 0) is 127 Å². The highest BCUT2D eigenvalue weighted by Crippen LogP contribution is 2.60. The van der Waals surface area contributed by atoms with Crippen molar-refractivity contribution in [1.82, 2.24) is 0 Å². The zero-order valence-electron chi connectivity index (χ0n) is 25.5. The summed E-state index contributed by atoms with van der Waals surface area (Å²) in [6.45, 7) is 11.0. The molecule has 0 unspecified atom stereocenters. The Morgan fingerprint density at radius 1 is 0.829 bits per heavy atom. The van der Waals surface area contributed by atoms with E-state index in [0.29, 0.717) is 24.0 Å². The van der Waals surface area contributed by atoms with Crippen molar-refractivity contribution in [3.05, 3.63) is 58.7 Å². The van der Waals surface area contributed by atoms with E-state index in [0.717, 1.165) is 64.2 Å². The van der Waals surface area contributed by atoms with Crippen molar-refractivity contribution in [2.75, 3.05) is 6.61 Å². The Labute approximate surface area is 245 Å². The fourth-order valence-electron chi connectivity index (χ4n) is 10.1. The van der Waals surface area contributed by atoms with Crippen LogP contribution in [0.15, 0.2) is 36.4 Å². The normalized spacial score (nSPS) is 35.7. The summed E-state index contributed by atoms with van der Waals surface area (Å²) in [6.07, 6.45) is 10.0. The van der Waals surface area contributed by atoms with Crippen LogP contribution in [0, 0.1) is 22.7 Å². The zero-order chi connectivity index (χ0) is 29.2. The van der Waals surface area contributed by atoms with Gasteiger partial charge in [-0.1, -0.05) is 45.7 Å². The highest BCUT2D eigenvalue weighted by Gasteiger charge is 2.57. The van der Waals surface area contributed by atoms with Crippen molar-refractivity contribution >= 4 is 11.9 Å². The minimum absolute atomic E-state index is 0.0220. The fourth-order valence-corrected chi connectivity index (χ4v) is 10.1. The third-order valence-electron chi connectivity index (χ3n) is 12.1. The third-order valence-corrected chi connectivity index (χ3v) is 12.1. The Morgan fingerprint density at radius 2 is 1.44 bits per heavy atom. The molecule has 4 aliphatic carbocycles. The molecule has 6 rings (SSSR count). The smallest absolute Gasteiger partial charge is 0.312 e. The number of phenolic OH excluding ortho intramolecular Hbond substituents is 1. The van der Waals surface area contributed by atoms with Crippen molar-refractivity contribution in [1.29, 1.82) is 0 Å². The number of fused-ring (bicyclic) bond motifs is 6. The van der Waals surface area contributed by atoms with Gasteiger partial charge in [-0.3, -0.25) is 9.59 Å². The first-order chi connectivity index (χ1) is 19.4. The monoisotopic (exact) mass is 558 g/mol. The summed E-state index contributed by atoms with van der Waals surface area (Å²) >= 11 is 0. The highest BCUT2D eigenvalue weighted by molar-refractivity contribution is 5.78. The number of hydrogen-bond donors (Lipinski definition) is 1. The molecule has 0 heterocycles. The van der Waals surface area contributed by atoms with E-state index < -0.39 is 5.41 Å². The first kappa shape index (κ1) is 28.3. The molecule has 6 atom stereocenters. The maximum atomic E-state index is 14.2. The summed E-state index contributed by atoms with van der Waals surface area (Å²) in [7, 11) is 0. The van der Waals surface area contributed by atoms with E-state index in [1.807, 2.05) is 24.3 Å². The lowest BCUT2D eigenvalue weighted by Crippen LogP contribution is -2.54. The molecule has 0 bridgehead atoms. The predicted molar refractivity (Wildman–Crippen MR) is 159 cm³/mol. The van der Waals surface area contributed by atoms with Gasteiger partial charge in [-0.15, -0.1) is 0 Å². The minimum Gasteiger partial charge on any atom is -0.508 e. The first-order valence-corrected chi connectivity index (χ1v) is 15.7. The van der Waals surface area contributed by atoms with E-state index in [-0.39, 0.29) is 34.1 Å². The summed E-state index contributed by atoms with van der Waals surface area (Å²) in [5.74, 6) is 1.14. The molecule has 2 saturated carbocycles. The molecule has 0 saturated heterocycles. The quantitative estimate of drug-likeness (QED) is 0.309. The number of aromatic hydroxyl groups is 1. The molecule has 4 aliphatic rings. The topological polar surface area (TPSA) is 72.8 Å². The van der Waals surface area contributed by atoms with Gasteiger partial charge in [-0.25, -0.2) is 0 Å². The SMILES string of the molecule is CC(=O)Oc1ccc2c(c1)[C@@]1(C)CCC[C@](C)(C(=O)OC[C@@]3(C)CCC[C@]4(C)c5cc(O)ccc5CC[C@@H]34)[C@@H]1CC2. The largest absolute Gasteiger partial charge is 0.508 e. The summed E-state index contributed by atoms with van der Waals surface area (Å²) in [6, 6.07) is 11.9. The molecule has 0 aromatic heterocycles. The summed E-state index contributed by atoms with van der Waals surface area (Å²) in [5, 5.41) is 10.3. The number of ether oxygens (including phenoxy) is 2. The molecule has 0 amide bonds. The van der Waals surface area contributed by atoms with Gasteiger partial charge in [0.15, 0.2) is 0 Å². The van der Waals surface area contributed by atoms with Gasteiger partial charge in [-0.2, -0.15) is 0 Å². The second-order valence-corrected chi connectivity index (χ2v) is 14.6. The molecule has 0 aliphatic heterocycles. The summed E-state index contributed by atoms with van der Waals surface area (Å²) in [5.41, 5.74) is 4.32. The Balaban J connectivity index is 1.24. The van der Waals surface area contributed by atoms with Crippen LogP contribution >= 0.6 is 0 Å². The van der Waals surface area contributed by atoms with Crippen LogP contribution in [0.1, 0.15) is 108 Å². The highest BCUT2D eigenvalue weighted by atomic mass is 16.5. The second kappa shape index (κ2) is 9.88. The molecule has 5 heteroatoms. The van der Waals surface area contributed by atoms with Crippen LogP contribution < -0.4 is 4.74 Å². The van der Waals surface area contributed by atoms with E-state index >= 15 is 0 Å². The molecule has 2 aromatic rings. The van der Waals surface area contributed by atoms with Crippen molar-refractivity contribution in [3.8, 4) is 11.5 Å². The maximum Gasteiger partial charge on any atom is 0.312 e. The number of carbonyl (C=O) groups excluding carboxylic acids is 2. The minimum atomic E-state index is -0.554. The van der Waals surface area contributed by atoms with E-state index in [4.69, 9.17) is 9.47 Å². The van der Waals surface area contributed by atoms with Gasteiger partial charge in [0.05, 0.1) is 12.0 Å². The van der Waals surface area contributed by atoms with E-state index in [1.165, 1.54) is 29.2 Å². The van der Waals surface area contributed by atoms with Gasteiger partial charge in [0, 0.05) is 12.3 Å². The summed E-state index contributed by atoms with van der Waals surface area (Å²) < 4.78 is 11.9. The van der Waals surface area contributed by atoms with Crippen LogP contribution in [0.3, 0.4) is 0 Å². The fraction of sp³-hybridized carbons (Fsp3) is 0.611. The molecule has 2 aromatic carbocycles. The van der Waals surface area contributed by atoms with Crippen LogP contribution in [0.2, 0.25) is 0 Å². The standard InChI is InChI=1S/C36H46O5/c1-23(37)41-27-13-9-25-11-15-31-35(4,29(25)21-27)18-7-19-36(31,5)32(39)40-22-33(2)16-6-17-34(3)28-20-26(38)12-8-24(28)10-14-30(33)34/h8-9,12-13,20-21,30-31,38H,6-7,10-11,14-19,22H2,1-5H3/t30-,31+,33+,34+,35+,36-/m0/s1. The first-order valence-electron chi connectivity index (χ1n) is 15.7. The molecule has 1 N–H and O–H groups in total. The maximum absolute atomic E-state index is 14.2. The zero-order valence-corrected chi connectivity index (χ0v) is 25.5. The molecule has 2 fully saturated rings. The lowest BCUT2D eigenvalue weighted by atomic mass is 9.49. The molecule has 5 nitrogen and oxygen atoms in total. The molecule has 220 valence electrons. The number of aryl methyl sites for hydroxylation is 2. The van der Waals surface area contributed by atoms with Gasteiger partial charge in [0.1, 0.15) is 11.5 Å². The molecular weight excluding hydrogens is 512 g/mol. The summed E-state index contributed by atoms with van der Waals surface area (Å²) in [4.78, 5) is 25.8. The number of carbonyl (C=O) groups is 2. The number of benzene rings is 2. The Kier molecular flexibility index (Phi) is 6.82. The lowest BCUT2D eigenvalue weighted by Gasteiger charge is -2.56. The van der Waals surface area contributed by atoms with Crippen LogP contribution in [-0.4, -0.2) is 23.7 Å². The van der Waals surface area contributed by atoms with Crippen LogP contribution in [-0.2, 0) is 38.0 Å². The van der Waals surface area contributed by atoms with Gasteiger partial charge < -0.3 is 14.6 Å². The lowest BCUT2D eigenvalue weighted by molar-refractivity contribution is -0.171. The molecular formula is C36H46O5. The number of esters is 2. The number of phenols is 1. The second-order valence-electron chi connectivity index (χ2n) is 14.6. The number of rotatable bonds is 4. The van der Waals surface area contributed by atoms with E-state index in [1.54, 1.807) is 0 Å². The van der Waals surface area contributed by atoms with Crippen LogP contribution in [0.5, 0.6) is 11.5 Å². The Hall–Kier alpha value is -2.82. The van der Waals surface area contributed by atoms with Gasteiger partial charge >= 0.3 is 11.9 Å². The van der Waals surface area contributed by atoms with Gasteiger partial charge in [0.25, 0.3) is 0 Å². The predicted octanol–water partition coefficient (Wildman–Crippen LogP) is 7.58. The Bertz CT molecular complexity index is 1380. The number of hydrogen-bond acceptors (Lipinski definition) is 5. The Morgan fingerprint density at radius 3 is 2.15 bits per heavy atom. The average molecular weight is 559 g/mol. The molecule has 41 heavy (non-hydrogen) atoms.